The number of phenolic OH excluding ortho intramolecular Hbond substituents is 1. The number of aromatic hydroxyl groups is 1. The Morgan fingerprint density at radius 3 is 2.27 bits per heavy atom. The first kappa shape index (κ1) is 20.0. The van der Waals surface area contributed by atoms with Crippen LogP contribution in [0.15, 0.2) is 71.9 Å². The van der Waals surface area contributed by atoms with E-state index in [0.29, 0.717) is 6.42 Å². The van der Waals surface area contributed by atoms with Gasteiger partial charge in [-0.3, -0.25) is 0 Å². The van der Waals surface area contributed by atoms with Gasteiger partial charge in [-0.1, -0.05) is 68.4 Å². The molecule has 4 heteroatoms. The van der Waals surface area contributed by atoms with Crippen LogP contribution in [0.5, 0.6) is 11.5 Å². The summed E-state index contributed by atoms with van der Waals surface area (Å²) >= 11 is 0. The first-order valence-electron chi connectivity index (χ1n) is 10.2. The van der Waals surface area contributed by atoms with Gasteiger partial charge in [0.25, 0.3) is 0 Å². The van der Waals surface area contributed by atoms with Gasteiger partial charge in [0.15, 0.2) is 6.10 Å². The van der Waals surface area contributed by atoms with Gasteiger partial charge in [0.05, 0.1) is 12.8 Å². The molecule has 0 bridgehead atoms. The van der Waals surface area contributed by atoms with E-state index in [1.807, 2.05) is 60.7 Å². The summed E-state index contributed by atoms with van der Waals surface area (Å²) in [5.41, 5.74) is 5.40. The number of hydrogen-bond acceptors (Lipinski definition) is 4. The lowest BCUT2D eigenvalue weighted by Gasteiger charge is -2.22. The summed E-state index contributed by atoms with van der Waals surface area (Å²) < 4.78 is 5.24. The van der Waals surface area contributed by atoms with E-state index in [2.05, 4.69) is 32.0 Å². The zero-order valence-electron chi connectivity index (χ0n) is 17.8. The molecule has 1 aliphatic heterocycles. The third-order valence-electron chi connectivity index (χ3n) is 5.53. The van der Waals surface area contributed by atoms with Crippen molar-refractivity contribution in [1.82, 2.24) is 0 Å². The Hall–Kier alpha value is -3.27. The van der Waals surface area contributed by atoms with Crippen LogP contribution in [-0.2, 0) is 10.3 Å². The summed E-state index contributed by atoms with van der Waals surface area (Å²) in [6.45, 7) is 6.52. The molecule has 1 N–H and O–H groups in total. The van der Waals surface area contributed by atoms with Crippen molar-refractivity contribution < 1.29 is 14.7 Å². The summed E-state index contributed by atoms with van der Waals surface area (Å²) in [6, 6.07) is 21.9. The van der Waals surface area contributed by atoms with Crippen molar-refractivity contribution in [3.05, 3.63) is 83.4 Å². The van der Waals surface area contributed by atoms with Crippen LogP contribution in [0, 0.1) is 0 Å². The third-order valence-corrected chi connectivity index (χ3v) is 5.53. The first-order valence-corrected chi connectivity index (χ1v) is 10.2. The largest absolute Gasteiger partial charge is 0.507 e. The number of phenols is 1. The van der Waals surface area contributed by atoms with Gasteiger partial charge in [-0.2, -0.15) is 0 Å². The van der Waals surface area contributed by atoms with Crippen molar-refractivity contribution in [1.29, 1.82) is 0 Å². The predicted molar refractivity (Wildman–Crippen MR) is 120 cm³/mol. The van der Waals surface area contributed by atoms with Crippen molar-refractivity contribution >= 4 is 5.71 Å². The van der Waals surface area contributed by atoms with Gasteiger partial charge >= 0.3 is 0 Å². The van der Waals surface area contributed by atoms with Crippen molar-refractivity contribution in [3.63, 3.8) is 0 Å². The molecule has 0 aliphatic carbocycles. The molecule has 4 nitrogen and oxygen atoms in total. The molecule has 0 saturated carbocycles. The van der Waals surface area contributed by atoms with E-state index in [9.17, 15) is 5.11 Å². The summed E-state index contributed by atoms with van der Waals surface area (Å²) in [4.78, 5) is 5.74. The molecule has 1 aliphatic rings. The highest BCUT2D eigenvalue weighted by Crippen LogP contribution is 2.40. The maximum Gasteiger partial charge on any atom is 0.158 e. The van der Waals surface area contributed by atoms with Gasteiger partial charge in [0, 0.05) is 17.5 Å². The van der Waals surface area contributed by atoms with Crippen LogP contribution in [0.2, 0.25) is 0 Å². The maximum absolute atomic E-state index is 11.2. The normalized spacial score (nSPS) is 16.1. The van der Waals surface area contributed by atoms with Crippen LogP contribution in [0.4, 0.5) is 0 Å². The molecule has 3 aromatic rings. The van der Waals surface area contributed by atoms with Crippen molar-refractivity contribution in [3.8, 4) is 22.6 Å². The Kier molecular flexibility index (Phi) is 5.25. The molecule has 30 heavy (non-hydrogen) atoms. The van der Waals surface area contributed by atoms with Gasteiger partial charge in [0.1, 0.15) is 11.5 Å². The SMILES string of the molecule is COc1ccc(C2CC(c3cc(C(C)(C)C)cc(-c4ccccc4)c3O)=NO2)cc1. The van der Waals surface area contributed by atoms with E-state index in [-0.39, 0.29) is 17.3 Å². The van der Waals surface area contributed by atoms with E-state index in [1.54, 1.807) is 7.11 Å². The molecule has 0 amide bonds. The lowest BCUT2D eigenvalue weighted by atomic mass is 9.82. The first-order chi connectivity index (χ1) is 14.4. The van der Waals surface area contributed by atoms with E-state index < -0.39 is 0 Å². The number of nitrogens with zero attached hydrogens (tertiary/aromatic N) is 1. The minimum Gasteiger partial charge on any atom is -0.507 e. The van der Waals surface area contributed by atoms with Crippen molar-refractivity contribution in [2.24, 2.45) is 5.16 Å². The topological polar surface area (TPSA) is 51.0 Å². The van der Waals surface area contributed by atoms with Gasteiger partial charge in [-0.25, -0.2) is 0 Å². The highest BCUT2D eigenvalue weighted by atomic mass is 16.6. The average molecular weight is 402 g/mol. The van der Waals surface area contributed by atoms with Crippen LogP contribution >= 0.6 is 0 Å². The number of oxime groups is 1. The van der Waals surface area contributed by atoms with Gasteiger partial charge in [-0.05, 0) is 46.4 Å². The maximum atomic E-state index is 11.2. The molecule has 4 rings (SSSR count). The Morgan fingerprint density at radius 2 is 1.63 bits per heavy atom. The Bertz CT molecular complexity index is 1060. The second-order valence-corrected chi connectivity index (χ2v) is 8.65. The fourth-order valence-electron chi connectivity index (χ4n) is 3.66. The smallest absolute Gasteiger partial charge is 0.158 e. The van der Waals surface area contributed by atoms with Crippen molar-refractivity contribution in [2.75, 3.05) is 7.11 Å². The summed E-state index contributed by atoms with van der Waals surface area (Å²) in [6.07, 6.45) is 0.422. The van der Waals surface area contributed by atoms with E-state index in [1.165, 1.54) is 0 Å². The molecule has 1 heterocycles. The highest BCUT2D eigenvalue weighted by Gasteiger charge is 2.28. The lowest BCUT2D eigenvalue weighted by Crippen LogP contribution is -2.13. The summed E-state index contributed by atoms with van der Waals surface area (Å²) in [5, 5.41) is 15.5. The highest BCUT2D eigenvalue weighted by molar-refractivity contribution is 6.05. The van der Waals surface area contributed by atoms with E-state index in [0.717, 1.165) is 39.3 Å². The molecule has 0 saturated heterocycles. The molecule has 0 aromatic heterocycles. The quantitative estimate of drug-likeness (QED) is 0.564. The number of hydrogen-bond donors (Lipinski definition) is 1. The Morgan fingerprint density at radius 1 is 0.967 bits per heavy atom. The molecular weight excluding hydrogens is 374 g/mol. The average Bonchev–Trinajstić information content (AvgIpc) is 3.24. The van der Waals surface area contributed by atoms with E-state index >= 15 is 0 Å². The Labute approximate surface area is 177 Å². The summed E-state index contributed by atoms with van der Waals surface area (Å²) in [5.74, 6) is 1.05. The molecule has 0 radical (unpaired) electrons. The molecule has 0 spiro atoms. The number of rotatable bonds is 4. The summed E-state index contributed by atoms with van der Waals surface area (Å²) in [7, 11) is 1.65. The Balaban J connectivity index is 1.71. The van der Waals surface area contributed by atoms with Crippen LogP contribution in [0.3, 0.4) is 0 Å². The van der Waals surface area contributed by atoms with Crippen LogP contribution in [0.25, 0.3) is 11.1 Å². The third kappa shape index (κ3) is 3.90. The number of methoxy groups -OCH3 is 1. The zero-order chi connectivity index (χ0) is 21.3. The zero-order valence-corrected chi connectivity index (χ0v) is 17.8. The predicted octanol–water partition coefficient (Wildman–Crippen LogP) is 6.23. The minimum atomic E-state index is -0.177. The second kappa shape index (κ2) is 7.86. The molecule has 3 aromatic carbocycles. The number of benzene rings is 3. The molecule has 0 fully saturated rings. The fraction of sp³-hybridized carbons (Fsp3) is 0.269. The molecule has 1 unspecified atom stereocenters. The van der Waals surface area contributed by atoms with Crippen molar-refractivity contribution in [2.45, 2.75) is 38.7 Å². The van der Waals surface area contributed by atoms with Gasteiger partial charge in [-0.15, -0.1) is 0 Å². The van der Waals surface area contributed by atoms with Crippen LogP contribution < -0.4 is 4.74 Å². The van der Waals surface area contributed by atoms with Gasteiger partial charge < -0.3 is 14.7 Å². The minimum absolute atomic E-state index is 0.0681. The molecular formula is C26H27NO3. The van der Waals surface area contributed by atoms with Crippen LogP contribution in [-0.4, -0.2) is 17.9 Å². The van der Waals surface area contributed by atoms with Crippen LogP contribution in [0.1, 0.15) is 50.0 Å². The monoisotopic (exact) mass is 401 g/mol. The fourth-order valence-corrected chi connectivity index (χ4v) is 3.66. The van der Waals surface area contributed by atoms with Gasteiger partial charge in [0.2, 0.25) is 0 Å². The lowest BCUT2D eigenvalue weighted by molar-refractivity contribution is 0.0857. The molecule has 154 valence electrons. The van der Waals surface area contributed by atoms with E-state index in [4.69, 9.17) is 9.57 Å². The second-order valence-electron chi connectivity index (χ2n) is 8.65. The number of ether oxygens (including phenoxy) is 1. The standard InChI is InChI=1S/C26H27NO3/c1-26(2,3)19-14-21(17-8-6-5-7-9-17)25(28)22(15-19)23-16-24(30-27-23)18-10-12-20(29-4)13-11-18/h5-15,24,28H,16H2,1-4H3. The molecule has 1 atom stereocenters.